The molecule has 4 nitrogen and oxygen atoms in total. The lowest BCUT2D eigenvalue weighted by Gasteiger charge is -2.15. The monoisotopic (exact) mass is 287 g/mol. The second-order valence-corrected chi connectivity index (χ2v) is 6.94. The molecule has 1 aliphatic rings. The third-order valence-electron chi connectivity index (χ3n) is 3.68. The molecular formula is C13H18FNO3S. The molecule has 0 amide bonds. The predicted molar refractivity (Wildman–Crippen MR) is 69.7 cm³/mol. The standard InChI is InChI=1S/C13H18FNO3S/c1-10-2-3-11(14)8-12(10)19(17,18)15-9-13(4-5-13)6-7-16/h2-3,8,15-16H,4-7,9H2,1H3. The molecule has 0 heterocycles. The Morgan fingerprint density at radius 2 is 2.11 bits per heavy atom. The number of hydrogen-bond donors (Lipinski definition) is 2. The minimum atomic E-state index is -3.70. The van der Waals surface area contributed by atoms with Crippen LogP contribution in [0, 0.1) is 18.2 Å². The zero-order valence-electron chi connectivity index (χ0n) is 10.8. The van der Waals surface area contributed by atoms with Gasteiger partial charge >= 0.3 is 0 Å². The summed E-state index contributed by atoms with van der Waals surface area (Å²) in [6.07, 6.45) is 2.42. The van der Waals surface area contributed by atoms with Crippen LogP contribution in [0.15, 0.2) is 23.1 Å². The average molecular weight is 287 g/mol. The first-order valence-electron chi connectivity index (χ1n) is 6.25. The SMILES string of the molecule is Cc1ccc(F)cc1S(=O)(=O)NCC1(CCO)CC1. The van der Waals surface area contributed by atoms with Gasteiger partial charge in [-0.2, -0.15) is 0 Å². The topological polar surface area (TPSA) is 66.4 Å². The van der Waals surface area contributed by atoms with E-state index in [2.05, 4.69) is 4.72 Å². The Morgan fingerprint density at radius 3 is 2.68 bits per heavy atom. The number of benzene rings is 1. The molecule has 0 radical (unpaired) electrons. The van der Waals surface area contributed by atoms with E-state index in [4.69, 9.17) is 5.11 Å². The van der Waals surface area contributed by atoms with Crippen LogP contribution in [0.5, 0.6) is 0 Å². The van der Waals surface area contributed by atoms with Crippen molar-refractivity contribution >= 4 is 10.0 Å². The molecule has 19 heavy (non-hydrogen) atoms. The first kappa shape index (κ1) is 14.4. The summed E-state index contributed by atoms with van der Waals surface area (Å²) in [6.45, 7) is 1.99. The third-order valence-corrected chi connectivity index (χ3v) is 5.22. The van der Waals surface area contributed by atoms with Crippen molar-refractivity contribution in [3.63, 3.8) is 0 Å². The van der Waals surface area contributed by atoms with Gasteiger partial charge in [0, 0.05) is 13.2 Å². The van der Waals surface area contributed by atoms with Crippen molar-refractivity contribution in [2.24, 2.45) is 5.41 Å². The molecule has 0 aromatic heterocycles. The molecule has 1 fully saturated rings. The van der Waals surface area contributed by atoms with Crippen LogP contribution in [0.2, 0.25) is 0 Å². The average Bonchev–Trinajstić information content (AvgIpc) is 3.11. The van der Waals surface area contributed by atoms with Crippen LogP contribution in [-0.2, 0) is 10.0 Å². The van der Waals surface area contributed by atoms with E-state index in [1.807, 2.05) is 0 Å². The van der Waals surface area contributed by atoms with E-state index in [1.54, 1.807) is 6.92 Å². The highest BCUT2D eigenvalue weighted by Gasteiger charge is 2.42. The van der Waals surface area contributed by atoms with Crippen molar-refractivity contribution in [3.8, 4) is 0 Å². The van der Waals surface area contributed by atoms with Crippen LogP contribution in [0.1, 0.15) is 24.8 Å². The molecule has 0 spiro atoms. The van der Waals surface area contributed by atoms with E-state index in [9.17, 15) is 12.8 Å². The van der Waals surface area contributed by atoms with Crippen LogP contribution < -0.4 is 4.72 Å². The number of halogens is 1. The molecule has 0 saturated heterocycles. The lowest BCUT2D eigenvalue weighted by atomic mass is 10.0. The van der Waals surface area contributed by atoms with Gasteiger partial charge in [-0.25, -0.2) is 17.5 Å². The van der Waals surface area contributed by atoms with Gasteiger partial charge in [0.05, 0.1) is 4.90 Å². The maximum absolute atomic E-state index is 13.2. The molecule has 1 aromatic carbocycles. The second-order valence-electron chi connectivity index (χ2n) is 5.21. The Bertz CT molecular complexity index is 567. The van der Waals surface area contributed by atoms with E-state index in [1.165, 1.54) is 12.1 Å². The van der Waals surface area contributed by atoms with Crippen molar-refractivity contribution in [2.75, 3.05) is 13.2 Å². The van der Waals surface area contributed by atoms with E-state index in [0.717, 1.165) is 18.9 Å². The van der Waals surface area contributed by atoms with Crippen LogP contribution in [0.4, 0.5) is 4.39 Å². The molecule has 0 bridgehead atoms. The Balaban J connectivity index is 2.12. The fraction of sp³-hybridized carbons (Fsp3) is 0.538. The van der Waals surface area contributed by atoms with Crippen molar-refractivity contribution in [1.29, 1.82) is 0 Å². The van der Waals surface area contributed by atoms with Gasteiger partial charge in [0.2, 0.25) is 10.0 Å². The molecule has 2 rings (SSSR count). The Morgan fingerprint density at radius 1 is 1.42 bits per heavy atom. The molecule has 6 heteroatoms. The number of aliphatic hydroxyl groups is 1. The van der Waals surface area contributed by atoms with Crippen LogP contribution >= 0.6 is 0 Å². The number of aliphatic hydroxyl groups excluding tert-OH is 1. The van der Waals surface area contributed by atoms with E-state index >= 15 is 0 Å². The summed E-state index contributed by atoms with van der Waals surface area (Å²) in [5.74, 6) is -0.567. The zero-order chi connectivity index (χ0) is 14.1. The van der Waals surface area contributed by atoms with E-state index in [0.29, 0.717) is 18.5 Å². The summed E-state index contributed by atoms with van der Waals surface area (Å²) < 4.78 is 40.0. The maximum Gasteiger partial charge on any atom is 0.240 e. The largest absolute Gasteiger partial charge is 0.396 e. The number of nitrogens with one attached hydrogen (secondary N) is 1. The highest BCUT2D eigenvalue weighted by Crippen LogP contribution is 2.48. The van der Waals surface area contributed by atoms with Crippen molar-refractivity contribution < 1.29 is 17.9 Å². The lowest BCUT2D eigenvalue weighted by molar-refractivity contribution is 0.249. The molecular weight excluding hydrogens is 269 g/mol. The second kappa shape index (κ2) is 5.19. The number of rotatable bonds is 6. The number of aryl methyl sites for hydroxylation is 1. The van der Waals surface area contributed by atoms with Gasteiger partial charge < -0.3 is 5.11 Å². The molecule has 1 aromatic rings. The molecule has 0 atom stereocenters. The Kier molecular flexibility index (Phi) is 3.94. The summed E-state index contributed by atoms with van der Waals surface area (Å²) >= 11 is 0. The normalized spacial score (nSPS) is 17.4. The Labute approximate surface area is 112 Å². The smallest absolute Gasteiger partial charge is 0.240 e. The highest BCUT2D eigenvalue weighted by atomic mass is 32.2. The van der Waals surface area contributed by atoms with Gasteiger partial charge in [-0.1, -0.05) is 6.07 Å². The molecule has 0 unspecified atom stereocenters. The zero-order valence-corrected chi connectivity index (χ0v) is 11.6. The summed E-state index contributed by atoms with van der Waals surface area (Å²) in [5.41, 5.74) is 0.407. The molecule has 1 saturated carbocycles. The van der Waals surface area contributed by atoms with Crippen LogP contribution in [-0.4, -0.2) is 26.7 Å². The molecule has 0 aliphatic heterocycles. The van der Waals surface area contributed by atoms with Gasteiger partial charge in [0.15, 0.2) is 0 Å². The van der Waals surface area contributed by atoms with Gasteiger partial charge in [0.25, 0.3) is 0 Å². The van der Waals surface area contributed by atoms with E-state index in [-0.39, 0.29) is 16.9 Å². The number of sulfonamides is 1. The van der Waals surface area contributed by atoms with Crippen LogP contribution in [0.3, 0.4) is 0 Å². The van der Waals surface area contributed by atoms with Crippen molar-refractivity contribution in [3.05, 3.63) is 29.6 Å². The third kappa shape index (κ3) is 3.32. The van der Waals surface area contributed by atoms with Gasteiger partial charge in [-0.3, -0.25) is 0 Å². The van der Waals surface area contributed by atoms with Crippen molar-refractivity contribution in [2.45, 2.75) is 31.1 Å². The summed E-state index contributed by atoms with van der Waals surface area (Å²) in [7, 11) is -3.70. The number of hydrogen-bond acceptors (Lipinski definition) is 3. The quantitative estimate of drug-likeness (QED) is 0.834. The first-order chi connectivity index (χ1) is 8.88. The molecule has 106 valence electrons. The first-order valence-corrected chi connectivity index (χ1v) is 7.74. The fourth-order valence-corrected chi connectivity index (χ4v) is 3.53. The lowest BCUT2D eigenvalue weighted by Crippen LogP contribution is -2.31. The van der Waals surface area contributed by atoms with Gasteiger partial charge in [-0.15, -0.1) is 0 Å². The van der Waals surface area contributed by atoms with Gasteiger partial charge in [0.1, 0.15) is 5.82 Å². The minimum absolute atomic E-state index is 0.0210. The van der Waals surface area contributed by atoms with Crippen LogP contribution in [0.25, 0.3) is 0 Å². The molecule has 2 N–H and O–H groups in total. The van der Waals surface area contributed by atoms with Crippen molar-refractivity contribution in [1.82, 2.24) is 4.72 Å². The summed E-state index contributed by atoms with van der Waals surface area (Å²) in [4.78, 5) is -0.0210. The van der Waals surface area contributed by atoms with Gasteiger partial charge in [-0.05, 0) is 49.3 Å². The molecule has 1 aliphatic carbocycles. The van der Waals surface area contributed by atoms with E-state index < -0.39 is 15.8 Å². The Hall–Kier alpha value is -0.980. The predicted octanol–water partition coefficient (Wildman–Crippen LogP) is 1.58. The summed E-state index contributed by atoms with van der Waals surface area (Å²) in [5, 5.41) is 8.94. The summed E-state index contributed by atoms with van der Waals surface area (Å²) in [6, 6.07) is 3.72. The minimum Gasteiger partial charge on any atom is -0.396 e. The maximum atomic E-state index is 13.2. The highest BCUT2D eigenvalue weighted by molar-refractivity contribution is 7.89. The fourth-order valence-electron chi connectivity index (χ4n) is 2.12.